The molecule has 0 radical (unpaired) electrons. The van der Waals surface area contributed by atoms with Gasteiger partial charge in [0, 0.05) is 6.42 Å². The summed E-state index contributed by atoms with van der Waals surface area (Å²) in [4.78, 5) is 0. The molecular formula is C12H16O4. The SMILES string of the molecule is OC[C@H]1OC(Cc2ccccc2)[C@H](O)[C@@H]1O. The molecule has 1 saturated heterocycles. The Bertz CT molecular complexity index is 327. The molecule has 1 aliphatic rings. The minimum absolute atomic E-state index is 0.274. The summed E-state index contributed by atoms with van der Waals surface area (Å²) in [6.07, 6.45) is -2.52. The maximum absolute atomic E-state index is 9.73. The topological polar surface area (TPSA) is 69.9 Å². The van der Waals surface area contributed by atoms with E-state index in [1.54, 1.807) is 0 Å². The molecule has 0 aromatic heterocycles. The zero-order valence-corrected chi connectivity index (χ0v) is 8.86. The van der Waals surface area contributed by atoms with Crippen molar-refractivity contribution in [1.82, 2.24) is 0 Å². The fourth-order valence-electron chi connectivity index (χ4n) is 1.99. The minimum Gasteiger partial charge on any atom is -0.394 e. The summed E-state index contributed by atoms with van der Waals surface area (Å²) in [7, 11) is 0. The highest BCUT2D eigenvalue weighted by molar-refractivity contribution is 5.16. The van der Waals surface area contributed by atoms with Crippen molar-refractivity contribution in [2.75, 3.05) is 6.61 Å². The molecule has 16 heavy (non-hydrogen) atoms. The molecular weight excluding hydrogens is 208 g/mol. The maximum Gasteiger partial charge on any atom is 0.111 e. The van der Waals surface area contributed by atoms with E-state index < -0.39 is 24.4 Å². The molecule has 2 rings (SSSR count). The van der Waals surface area contributed by atoms with Gasteiger partial charge in [-0.15, -0.1) is 0 Å². The van der Waals surface area contributed by atoms with Gasteiger partial charge in [-0.25, -0.2) is 0 Å². The van der Waals surface area contributed by atoms with Gasteiger partial charge in [-0.05, 0) is 5.56 Å². The summed E-state index contributed by atoms with van der Waals surface area (Å²) in [6.45, 7) is -0.274. The Labute approximate surface area is 94.1 Å². The van der Waals surface area contributed by atoms with Gasteiger partial charge >= 0.3 is 0 Å². The van der Waals surface area contributed by atoms with Gasteiger partial charge in [0.25, 0.3) is 0 Å². The Balaban J connectivity index is 2.01. The quantitative estimate of drug-likeness (QED) is 0.660. The first-order chi connectivity index (χ1) is 7.72. The van der Waals surface area contributed by atoms with E-state index in [0.29, 0.717) is 6.42 Å². The molecule has 1 aliphatic heterocycles. The highest BCUT2D eigenvalue weighted by Gasteiger charge is 2.41. The number of hydrogen-bond acceptors (Lipinski definition) is 4. The third-order valence-electron chi connectivity index (χ3n) is 2.92. The van der Waals surface area contributed by atoms with E-state index in [1.807, 2.05) is 30.3 Å². The molecule has 0 spiro atoms. The van der Waals surface area contributed by atoms with E-state index >= 15 is 0 Å². The summed E-state index contributed by atoms with van der Waals surface area (Å²) in [5.74, 6) is 0. The van der Waals surface area contributed by atoms with Gasteiger partial charge in [0.05, 0.1) is 12.7 Å². The molecule has 4 heteroatoms. The van der Waals surface area contributed by atoms with Crippen LogP contribution in [-0.2, 0) is 11.2 Å². The fraction of sp³-hybridized carbons (Fsp3) is 0.500. The number of rotatable bonds is 3. The van der Waals surface area contributed by atoms with Crippen molar-refractivity contribution in [2.24, 2.45) is 0 Å². The van der Waals surface area contributed by atoms with E-state index in [-0.39, 0.29) is 6.61 Å². The molecule has 0 saturated carbocycles. The second-order valence-electron chi connectivity index (χ2n) is 4.07. The molecule has 88 valence electrons. The van der Waals surface area contributed by atoms with Crippen LogP contribution < -0.4 is 0 Å². The molecule has 1 heterocycles. The van der Waals surface area contributed by atoms with Gasteiger partial charge in [0.2, 0.25) is 0 Å². The van der Waals surface area contributed by atoms with Crippen LogP contribution >= 0.6 is 0 Å². The van der Waals surface area contributed by atoms with Gasteiger partial charge in [-0.3, -0.25) is 0 Å². The molecule has 1 aromatic carbocycles. The van der Waals surface area contributed by atoms with Crippen molar-refractivity contribution in [3.8, 4) is 0 Å². The molecule has 0 aliphatic carbocycles. The first-order valence-electron chi connectivity index (χ1n) is 5.38. The Morgan fingerprint density at radius 1 is 1.00 bits per heavy atom. The van der Waals surface area contributed by atoms with Gasteiger partial charge in [-0.1, -0.05) is 30.3 Å². The lowest BCUT2D eigenvalue weighted by Gasteiger charge is -2.14. The van der Waals surface area contributed by atoms with Crippen LogP contribution in [0.2, 0.25) is 0 Å². The highest BCUT2D eigenvalue weighted by atomic mass is 16.6. The first kappa shape index (κ1) is 11.5. The van der Waals surface area contributed by atoms with E-state index in [4.69, 9.17) is 9.84 Å². The van der Waals surface area contributed by atoms with Crippen LogP contribution in [0.3, 0.4) is 0 Å². The Hall–Kier alpha value is -0.940. The lowest BCUT2D eigenvalue weighted by molar-refractivity contribution is -0.0215. The van der Waals surface area contributed by atoms with Crippen LogP contribution in [0.25, 0.3) is 0 Å². The molecule has 4 atom stereocenters. The number of aliphatic hydroxyl groups is 3. The maximum atomic E-state index is 9.73. The first-order valence-corrected chi connectivity index (χ1v) is 5.38. The van der Waals surface area contributed by atoms with Gasteiger partial charge in [-0.2, -0.15) is 0 Å². The normalized spacial score (nSPS) is 34.2. The van der Waals surface area contributed by atoms with Crippen molar-refractivity contribution < 1.29 is 20.1 Å². The van der Waals surface area contributed by atoms with Crippen LogP contribution in [0.1, 0.15) is 5.56 Å². The van der Waals surface area contributed by atoms with Crippen LogP contribution in [0.4, 0.5) is 0 Å². The average Bonchev–Trinajstić information content (AvgIpc) is 2.58. The molecule has 0 amide bonds. The van der Waals surface area contributed by atoms with Crippen LogP contribution in [-0.4, -0.2) is 46.3 Å². The predicted octanol–water partition coefficient (Wildman–Crippen LogP) is -0.289. The Kier molecular flexibility index (Phi) is 3.56. The molecule has 1 aromatic rings. The minimum atomic E-state index is -1.00. The molecule has 3 N–H and O–H groups in total. The van der Waals surface area contributed by atoms with Gasteiger partial charge in [0.1, 0.15) is 18.3 Å². The summed E-state index contributed by atoms with van der Waals surface area (Å²) in [5, 5.41) is 28.2. The van der Waals surface area contributed by atoms with E-state index in [2.05, 4.69) is 0 Å². The number of benzene rings is 1. The lowest BCUT2D eigenvalue weighted by atomic mass is 10.0. The van der Waals surface area contributed by atoms with Crippen molar-refractivity contribution >= 4 is 0 Å². The second kappa shape index (κ2) is 4.93. The second-order valence-corrected chi connectivity index (χ2v) is 4.07. The molecule has 1 unspecified atom stereocenters. The largest absolute Gasteiger partial charge is 0.394 e. The summed E-state index contributed by atoms with van der Waals surface area (Å²) in [6, 6.07) is 9.62. The molecule has 1 fully saturated rings. The van der Waals surface area contributed by atoms with E-state index in [1.165, 1.54) is 0 Å². The fourth-order valence-corrected chi connectivity index (χ4v) is 1.99. The highest BCUT2D eigenvalue weighted by Crippen LogP contribution is 2.23. The van der Waals surface area contributed by atoms with E-state index in [9.17, 15) is 10.2 Å². The third-order valence-corrected chi connectivity index (χ3v) is 2.92. The predicted molar refractivity (Wildman–Crippen MR) is 57.9 cm³/mol. The lowest BCUT2D eigenvalue weighted by Crippen LogP contribution is -2.34. The van der Waals surface area contributed by atoms with Crippen molar-refractivity contribution in [1.29, 1.82) is 0 Å². The van der Waals surface area contributed by atoms with Crippen molar-refractivity contribution in [3.63, 3.8) is 0 Å². The standard InChI is InChI=1S/C12H16O4/c13-7-10-12(15)11(14)9(16-10)6-8-4-2-1-3-5-8/h1-5,9-15H,6-7H2/t9?,10-,11+,12-/m1/s1. The van der Waals surface area contributed by atoms with Crippen LogP contribution in [0.5, 0.6) is 0 Å². The Morgan fingerprint density at radius 2 is 1.62 bits per heavy atom. The van der Waals surface area contributed by atoms with Gasteiger partial charge < -0.3 is 20.1 Å². The Morgan fingerprint density at radius 3 is 2.19 bits per heavy atom. The average molecular weight is 224 g/mol. The number of hydrogen-bond donors (Lipinski definition) is 3. The zero-order chi connectivity index (χ0) is 11.5. The third kappa shape index (κ3) is 2.25. The number of ether oxygens (including phenoxy) is 1. The van der Waals surface area contributed by atoms with Crippen LogP contribution in [0, 0.1) is 0 Å². The molecule has 0 bridgehead atoms. The monoisotopic (exact) mass is 224 g/mol. The van der Waals surface area contributed by atoms with Crippen molar-refractivity contribution in [3.05, 3.63) is 35.9 Å². The smallest absolute Gasteiger partial charge is 0.111 e. The van der Waals surface area contributed by atoms with E-state index in [0.717, 1.165) is 5.56 Å². The van der Waals surface area contributed by atoms with Crippen LogP contribution in [0.15, 0.2) is 30.3 Å². The summed E-state index contributed by atoms with van der Waals surface area (Å²) < 4.78 is 5.39. The summed E-state index contributed by atoms with van der Waals surface area (Å²) in [5.41, 5.74) is 1.04. The summed E-state index contributed by atoms with van der Waals surface area (Å²) >= 11 is 0. The van der Waals surface area contributed by atoms with Crippen molar-refractivity contribution in [2.45, 2.75) is 30.8 Å². The molecule has 4 nitrogen and oxygen atoms in total. The number of aliphatic hydroxyl groups excluding tert-OH is 3. The van der Waals surface area contributed by atoms with Gasteiger partial charge in [0.15, 0.2) is 0 Å². The zero-order valence-electron chi connectivity index (χ0n) is 8.86.